The number of rotatable bonds is 1. The van der Waals surface area contributed by atoms with E-state index in [4.69, 9.17) is 28.3 Å². The van der Waals surface area contributed by atoms with Crippen molar-refractivity contribution in [3.8, 4) is 0 Å². The fraction of sp³-hybridized carbons (Fsp3) is 0.857. The second-order valence-corrected chi connectivity index (χ2v) is 5.04. The Hall–Kier alpha value is -0.110. The zero-order chi connectivity index (χ0) is 12.1. The number of carboxylic acids is 1. The van der Waals surface area contributed by atoms with Gasteiger partial charge in [-0.2, -0.15) is 0 Å². The van der Waals surface area contributed by atoms with Crippen molar-refractivity contribution < 1.29 is 30.3 Å². The highest BCUT2D eigenvalue weighted by Gasteiger charge is 2.61. The second-order valence-electron chi connectivity index (χ2n) is 3.73. The van der Waals surface area contributed by atoms with Crippen LogP contribution in [0.15, 0.2) is 0 Å². The summed E-state index contributed by atoms with van der Waals surface area (Å²) in [7, 11) is 0. The molecule has 88 valence electrons. The molecule has 0 aromatic carbocycles. The Labute approximate surface area is 94.7 Å². The van der Waals surface area contributed by atoms with Crippen molar-refractivity contribution in [2.45, 2.75) is 34.7 Å². The Bertz CT molecular complexity index is 271. The number of carbonyl (C=O) groups is 1. The van der Waals surface area contributed by atoms with Crippen LogP contribution in [0.4, 0.5) is 0 Å². The highest BCUT2D eigenvalue weighted by molar-refractivity contribution is 6.27. The van der Waals surface area contributed by atoms with Gasteiger partial charge in [-0.15, -0.1) is 0 Å². The van der Waals surface area contributed by atoms with E-state index in [1.54, 1.807) is 0 Å². The summed E-state index contributed by atoms with van der Waals surface area (Å²) < 4.78 is 0. The van der Waals surface area contributed by atoms with Crippen LogP contribution in [0.25, 0.3) is 0 Å². The van der Waals surface area contributed by atoms with E-state index in [0.29, 0.717) is 0 Å². The van der Waals surface area contributed by atoms with Crippen molar-refractivity contribution in [2.75, 3.05) is 0 Å². The van der Waals surface area contributed by atoms with E-state index in [1.165, 1.54) is 0 Å². The first-order valence-corrected chi connectivity index (χ1v) is 4.73. The molecule has 1 aliphatic carbocycles. The van der Waals surface area contributed by atoms with E-state index in [-0.39, 0.29) is 0 Å². The molecule has 0 saturated heterocycles. The minimum Gasteiger partial charge on any atom is -0.479 e. The molecule has 0 aromatic rings. The smallest absolute Gasteiger partial charge is 0.336 e. The molecule has 2 atom stereocenters. The first-order valence-electron chi connectivity index (χ1n) is 3.98. The third-order valence-corrected chi connectivity index (χ3v) is 3.00. The van der Waals surface area contributed by atoms with Gasteiger partial charge in [0.05, 0.1) is 0 Å². The zero-order valence-electron chi connectivity index (χ0n) is 7.39. The zero-order valence-corrected chi connectivity index (χ0v) is 8.90. The van der Waals surface area contributed by atoms with Gasteiger partial charge in [0.2, 0.25) is 0 Å². The minimum absolute atomic E-state index is 0.840. The number of alkyl halides is 2. The lowest BCUT2D eigenvalue weighted by Gasteiger charge is -2.45. The molecular formula is C7H10Cl2O6. The van der Waals surface area contributed by atoms with Crippen molar-refractivity contribution >= 4 is 29.2 Å². The van der Waals surface area contributed by atoms with Crippen molar-refractivity contribution in [3.63, 3.8) is 0 Å². The Kier molecular flexibility index (Phi) is 2.97. The van der Waals surface area contributed by atoms with Gasteiger partial charge in [-0.25, -0.2) is 4.79 Å². The fourth-order valence-corrected chi connectivity index (χ4v) is 2.43. The lowest BCUT2D eigenvalue weighted by Crippen LogP contribution is -2.64. The Morgan fingerprint density at radius 2 is 1.47 bits per heavy atom. The highest BCUT2D eigenvalue weighted by Crippen LogP contribution is 2.45. The quantitative estimate of drug-likeness (QED) is 0.379. The van der Waals surface area contributed by atoms with Crippen molar-refractivity contribution in [3.05, 3.63) is 0 Å². The summed E-state index contributed by atoms with van der Waals surface area (Å²) in [6.45, 7) is 0. The van der Waals surface area contributed by atoms with Gasteiger partial charge < -0.3 is 25.5 Å². The number of aliphatic hydroxyl groups is 4. The van der Waals surface area contributed by atoms with Crippen LogP contribution in [0, 0.1) is 0 Å². The molecule has 0 aromatic heterocycles. The van der Waals surface area contributed by atoms with Crippen LogP contribution in [-0.2, 0) is 4.79 Å². The van der Waals surface area contributed by atoms with E-state index in [1.807, 2.05) is 0 Å². The normalized spacial score (nSPS) is 51.5. The summed E-state index contributed by atoms with van der Waals surface area (Å²) in [5.41, 5.74) is -2.48. The van der Waals surface area contributed by atoms with E-state index in [2.05, 4.69) is 0 Å². The number of hydrogen-bond donors (Lipinski definition) is 5. The molecule has 5 N–H and O–H groups in total. The topological polar surface area (TPSA) is 118 Å². The van der Waals surface area contributed by atoms with Gasteiger partial charge in [-0.3, -0.25) is 0 Å². The Morgan fingerprint density at radius 3 is 1.73 bits per heavy atom. The van der Waals surface area contributed by atoms with Crippen LogP contribution >= 0.6 is 23.2 Å². The molecular weight excluding hydrogens is 251 g/mol. The molecule has 0 aliphatic heterocycles. The van der Waals surface area contributed by atoms with Gasteiger partial charge in [0.1, 0.15) is 6.10 Å². The number of hydrogen-bond acceptors (Lipinski definition) is 5. The summed E-state index contributed by atoms with van der Waals surface area (Å²) in [6.07, 6.45) is -3.65. The Morgan fingerprint density at radius 1 is 1.13 bits per heavy atom. The monoisotopic (exact) mass is 260 g/mol. The highest BCUT2D eigenvalue weighted by atomic mass is 35.5. The Balaban J connectivity index is 3.09. The molecule has 1 saturated carbocycles. The van der Waals surface area contributed by atoms with E-state index >= 15 is 0 Å². The van der Waals surface area contributed by atoms with Gasteiger partial charge in [-0.05, 0) is 0 Å². The lowest BCUT2D eigenvalue weighted by molar-refractivity contribution is -0.204. The summed E-state index contributed by atoms with van der Waals surface area (Å²) in [6, 6.07) is 0. The van der Waals surface area contributed by atoms with Gasteiger partial charge in [0, 0.05) is 12.8 Å². The molecule has 8 heteroatoms. The molecule has 0 radical (unpaired) electrons. The maximum Gasteiger partial charge on any atom is 0.336 e. The predicted molar refractivity (Wildman–Crippen MR) is 49.4 cm³/mol. The SMILES string of the molecule is O=C(O)C1(O)C[C@](O)(Cl)C(O)[C@@](O)(Cl)C1. The van der Waals surface area contributed by atoms with Crippen LogP contribution in [0.5, 0.6) is 0 Å². The third kappa shape index (κ3) is 2.20. The molecule has 0 amide bonds. The van der Waals surface area contributed by atoms with Gasteiger partial charge in [0.15, 0.2) is 15.7 Å². The van der Waals surface area contributed by atoms with Crippen LogP contribution < -0.4 is 0 Å². The summed E-state index contributed by atoms with van der Waals surface area (Å²) in [4.78, 5) is 10.7. The molecule has 1 rings (SSSR count). The van der Waals surface area contributed by atoms with Gasteiger partial charge in [-0.1, -0.05) is 23.2 Å². The van der Waals surface area contributed by atoms with Gasteiger partial charge in [0.25, 0.3) is 0 Å². The number of aliphatic hydroxyl groups excluding tert-OH is 1. The first-order chi connectivity index (χ1) is 6.51. The van der Waals surface area contributed by atoms with E-state index < -0.39 is 40.6 Å². The minimum atomic E-state index is -2.50. The number of carboxylic acid groups (broad SMARTS) is 1. The average molecular weight is 261 g/mol. The molecule has 6 nitrogen and oxygen atoms in total. The van der Waals surface area contributed by atoms with Crippen molar-refractivity contribution in [1.82, 2.24) is 0 Å². The maximum absolute atomic E-state index is 10.7. The third-order valence-electron chi connectivity index (χ3n) is 2.32. The largest absolute Gasteiger partial charge is 0.479 e. The van der Waals surface area contributed by atoms with E-state index in [0.717, 1.165) is 0 Å². The average Bonchev–Trinajstić information content (AvgIpc) is 1.98. The molecule has 0 spiro atoms. The molecule has 1 fully saturated rings. The molecule has 0 bridgehead atoms. The van der Waals surface area contributed by atoms with E-state index in [9.17, 15) is 25.2 Å². The second kappa shape index (κ2) is 3.44. The summed E-state index contributed by atoms with van der Waals surface area (Å²) in [5, 5.41) is 41.4. The molecule has 15 heavy (non-hydrogen) atoms. The molecule has 0 unspecified atom stereocenters. The summed E-state index contributed by atoms with van der Waals surface area (Å²) >= 11 is 10.7. The lowest BCUT2D eigenvalue weighted by atomic mass is 9.79. The van der Waals surface area contributed by atoms with Crippen molar-refractivity contribution in [2.24, 2.45) is 0 Å². The van der Waals surface area contributed by atoms with Crippen LogP contribution in [0.2, 0.25) is 0 Å². The van der Waals surface area contributed by atoms with Crippen LogP contribution in [-0.4, -0.2) is 53.3 Å². The van der Waals surface area contributed by atoms with Gasteiger partial charge >= 0.3 is 5.97 Å². The van der Waals surface area contributed by atoms with Crippen LogP contribution in [0.3, 0.4) is 0 Å². The fourth-order valence-electron chi connectivity index (χ4n) is 1.57. The maximum atomic E-state index is 10.7. The predicted octanol–water partition coefficient (Wildman–Crippen LogP) is -1.19. The summed E-state index contributed by atoms with van der Waals surface area (Å²) in [5.74, 6) is -1.69. The number of halogens is 2. The van der Waals surface area contributed by atoms with Crippen molar-refractivity contribution in [1.29, 1.82) is 0 Å². The number of aliphatic carboxylic acids is 1. The molecule has 0 heterocycles. The first kappa shape index (κ1) is 13.0. The molecule has 1 aliphatic rings. The standard InChI is InChI=1S/C7H10Cl2O6/c8-6(14)1-5(13,4(11)12)2-7(9,15)3(6)10/h3,10,13-15H,1-2H2,(H,11,12)/t3?,5?,6-,7-/m1/s1. The van der Waals surface area contributed by atoms with Crippen LogP contribution in [0.1, 0.15) is 12.8 Å².